The Balaban J connectivity index is 1.85. The quantitative estimate of drug-likeness (QED) is 0.759. The van der Waals surface area contributed by atoms with Gasteiger partial charge in [0.2, 0.25) is 0 Å². The maximum Gasteiger partial charge on any atom is 0.0434 e. The lowest BCUT2D eigenvalue weighted by Gasteiger charge is -2.15. The highest BCUT2D eigenvalue weighted by molar-refractivity contribution is 6.36. The molecule has 2 saturated heterocycles. The van der Waals surface area contributed by atoms with E-state index in [0.29, 0.717) is 0 Å². The molecule has 0 aromatic carbocycles. The van der Waals surface area contributed by atoms with Crippen LogP contribution in [0.2, 0.25) is 0 Å². The molecule has 13 heavy (non-hydrogen) atoms. The third-order valence-electron chi connectivity index (χ3n) is 2.96. The van der Waals surface area contributed by atoms with Crippen molar-refractivity contribution in [3.63, 3.8) is 0 Å². The van der Waals surface area contributed by atoms with Crippen LogP contribution in [0.25, 0.3) is 0 Å². The Labute approximate surface area is 88.9 Å². The number of nitrogens with one attached hydrogen (secondary N) is 1. The van der Waals surface area contributed by atoms with Gasteiger partial charge in [-0.2, -0.15) is 0 Å². The Morgan fingerprint density at radius 2 is 2.00 bits per heavy atom. The monoisotopic (exact) mass is 220 g/mol. The average molecular weight is 221 g/mol. The fraction of sp³-hybridized carbons (Fsp3) is 0.778. The van der Waals surface area contributed by atoms with Crippen molar-refractivity contribution in [1.82, 2.24) is 10.2 Å². The molecule has 1 N–H and O–H groups in total. The van der Waals surface area contributed by atoms with Crippen LogP contribution in [0.1, 0.15) is 0 Å². The molecule has 2 nitrogen and oxygen atoms in total. The van der Waals surface area contributed by atoms with Crippen LogP contribution < -0.4 is 5.32 Å². The first-order chi connectivity index (χ1) is 6.29. The number of likely N-dealkylation sites (tertiary alicyclic amines) is 1. The Bertz CT molecular complexity index is 206. The van der Waals surface area contributed by atoms with Gasteiger partial charge in [0.1, 0.15) is 0 Å². The molecule has 0 radical (unpaired) electrons. The second-order valence-corrected chi connectivity index (χ2v) is 4.63. The SMILES string of the molecule is Cl/C=C(/Cl)CN1CC2CNCC2C1. The molecule has 2 atom stereocenters. The predicted octanol–water partition coefficient (Wildman–Crippen LogP) is 1.46. The van der Waals surface area contributed by atoms with Crippen LogP contribution in [0.3, 0.4) is 0 Å². The summed E-state index contributed by atoms with van der Waals surface area (Å²) in [6, 6.07) is 0. The maximum absolute atomic E-state index is 5.87. The van der Waals surface area contributed by atoms with Crippen LogP contribution in [-0.4, -0.2) is 37.6 Å². The lowest BCUT2D eigenvalue weighted by atomic mass is 10.0. The molecule has 4 heteroatoms. The fourth-order valence-electron chi connectivity index (χ4n) is 2.33. The number of hydrogen-bond donors (Lipinski definition) is 1. The van der Waals surface area contributed by atoms with Crippen molar-refractivity contribution in [3.8, 4) is 0 Å². The first kappa shape index (κ1) is 9.78. The van der Waals surface area contributed by atoms with E-state index in [-0.39, 0.29) is 0 Å². The molecule has 0 aromatic heterocycles. The lowest BCUT2D eigenvalue weighted by molar-refractivity contribution is 0.344. The Morgan fingerprint density at radius 3 is 2.54 bits per heavy atom. The summed E-state index contributed by atoms with van der Waals surface area (Å²) in [6.07, 6.45) is 0. The molecule has 0 aromatic rings. The molecule has 0 aliphatic carbocycles. The van der Waals surface area contributed by atoms with Gasteiger partial charge in [0.25, 0.3) is 0 Å². The summed E-state index contributed by atoms with van der Waals surface area (Å²) in [6.45, 7) is 5.49. The lowest BCUT2D eigenvalue weighted by Crippen LogP contribution is -2.26. The summed E-state index contributed by atoms with van der Waals surface area (Å²) in [5, 5.41) is 4.16. The molecule has 2 unspecified atom stereocenters. The summed E-state index contributed by atoms with van der Waals surface area (Å²) in [7, 11) is 0. The predicted molar refractivity (Wildman–Crippen MR) is 56.1 cm³/mol. The van der Waals surface area contributed by atoms with E-state index in [1.54, 1.807) is 0 Å². The molecule has 2 aliphatic rings. The highest BCUT2D eigenvalue weighted by Gasteiger charge is 2.35. The summed E-state index contributed by atoms with van der Waals surface area (Å²) in [5.41, 5.74) is 1.47. The second kappa shape index (κ2) is 4.18. The van der Waals surface area contributed by atoms with Crippen LogP contribution >= 0.6 is 23.2 Å². The average Bonchev–Trinajstić information content (AvgIpc) is 2.63. The van der Waals surface area contributed by atoms with Crippen LogP contribution in [0.4, 0.5) is 0 Å². The van der Waals surface area contributed by atoms with Crippen molar-refractivity contribution < 1.29 is 0 Å². The number of fused-ring (bicyclic) bond motifs is 1. The highest BCUT2D eigenvalue weighted by atomic mass is 35.5. The first-order valence-electron chi connectivity index (χ1n) is 4.67. The number of nitrogens with zero attached hydrogens (tertiary/aromatic N) is 1. The van der Waals surface area contributed by atoms with E-state index in [4.69, 9.17) is 23.2 Å². The van der Waals surface area contributed by atoms with Gasteiger partial charge in [0.05, 0.1) is 0 Å². The minimum atomic E-state index is 0.745. The zero-order valence-electron chi connectivity index (χ0n) is 7.47. The molecular weight excluding hydrogens is 207 g/mol. The third-order valence-corrected chi connectivity index (χ3v) is 3.56. The van der Waals surface area contributed by atoms with E-state index < -0.39 is 0 Å². The zero-order chi connectivity index (χ0) is 9.26. The molecule has 2 aliphatic heterocycles. The first-order valence-corrected chi connectivity index (χ1v) is 5.49. The zero-order valence-corrected chi connectivity index (χ0v) is 8.98. The van der Waals surface area contributed by atoms with E-state index >= 15 is 0 Å². The van der Waals surface area contributed by atoms with Gasteiger partial charge in [-0.25, -0.2) is 0 Å². The van der Waals surface area contributed by atoms with Crippen molar-refractivity contribution in [1.29, 1.82) is 0 Å². The van der Waals surface area contributed by atoms with E-state index in [1.165, 1.54) is 31.7 Å². The van der Waals surface area contributed by atoms with Gasteiger partial charge in [0.15, 0.2) is 0 Å². The van der Waals surface area contributed by atoms with Crippen molar-refractivity contribution in [2.75, 3.05) is 32.7 Å². The normalized spacial score (nSPS) is 35.4. The minimum absolute atomic E-state index is 0.745. The van der Waals surface area contributed by atoms with Gasteiger partial charge in [-0.3, -0.25) is 4.90 Å². The standard InChI is InChI=1S/C9H14Cl2N2/c10-1-9(11)6-13-4-7-2-12-3-8(7)5-13/h1,7-8,12H,2-6H2/b9-1+. The fourth-order valence-corrected chi connectivity index (χ4v) is 2.57. The number of hydrogen-bond acceptors (Lipinski definition) is 2. The second-order valence-electron chi connectivity index (χ2n) is 3.93. The number of rotatable bonds is 2. The van der Waals surface area contributed by atoms with Crippen LogP contribution in [0.5, 0.6) is 0 Å². The van der Waals surface area contributed by atoms with Crippen LogP contribution in [-0.2, 0) is 0 Å². The van der Waals surface area contributed by atoms with Gasteiger partial charge in [-0.15, -0.1) is 0 Å². The van der Waals surface area contributed by atoms with Crippen LogP contribution in [0.15, 0.2) is 10.6 Å². The summed E-state index contributed by atoms with van der Waals surface area (Å²) >= 11 is 11.4. The molecular formula is C9H14Cl2N2. The van der Waals surface area contributed by atoms with Gasteiger partial charge in [-0.05, 0) is 24.9 Å². The van der Waals surface area contributed by atoms with E-state index in [9.17, 15) is 0 Å². The number of halogens is 2. The molecule has 2 fully saturated rings. The summed E-state index contributed by atoms with van der Waals surface area (Å²) in [5.74, 6) is 1.67. The Morgan fingerprint density at radius 1 is 1.38 bits per heavy atom. The minimum Gasteiger partial charge on any atom is -0.316 e. The van der Waals surface area contributed by atoms with Crippen molar-refractivity contribution in [2.45, 2.75) is 0 Å². The molecule has 74 valence electrons. The van der Waals surface area contributed by atoms with Gasteiger partial charge in [-0.1, -0.05) is 23.2 Å². The molecule has 0 saturated carbocycles. The molecule has 0 bridgehead atoms. The third kappa shape index (κ3) is 2.18. The maximum atomic E-state index is 5.87. The Kier molecular flexibility index (Phi) is 3.14. The molecule has 0 amide bonds. The molecule has 0 spiro atoms. The van der Waals surface area contributed by atoms with Crippen LogP contribution in [0, 0.1) is 11.8 Å². The highest BCUT2D eigenvalue weighted by Crippen LogP contribution is 2.27. The van der Waals surface area contributed by atoms with Gasteiger partial charge < -0.3 is 5.32 Å². The van der Waals surface area contributed by atoms with E-state index in [1.807, 2.05) is 0 Å². The van der Waals surface area contributed by atoms with Gasteiger partial charge >= 0.3 is 0 Å². The largest absolute Gasteiger partial charge is 0.316 e. The van der Waals surface area contributed by atoms with E-state index in [0.717, 1.165) is 23.4 Å². The topological polar surface area (TPSA) is 15.3 Å². The van der Waals surface area contributed by atoms with Crippen molar-refractivity contribution >= 4 is 23.2 Å². The van der Waals surface area contributed by atoms with E-state index in [2.05, 4.69) is 10.2 Å². The van der Waals surface area contributed by atoms with Crippen molar-refractivity contribution in [3.05, 3.63) is 10.6 Å². The molecule has 2 rings (SSSR count). The van der Waals surface area contributed by atoms with Gasteiger partial charge in [0, 0.05) is 30.2 Å². The summed E-state index contributed by atoms with van der Waals surface area (Å²) in [4.78, 5) is 2.39. The summed E-state index contributed by atoms with van der Waals surface area (Å²) < 4.78 is 0. The Hall–Kier alpha value is 0.240. The molecule has 2 heterocycles. The smallest absolute Gasteiger partial charge is 0.0434 e. The van der Waals surface area contributed by atoms with Crippen molar-refractivity contribution in [2.24, 2.45) is 11.8 Å².